The van der Waals surface area contributed by atoms with E-state index in [1.807, 2.05) is 31.2 Å². The number of hydrogen-bond acceptors (Lipinski definition) is 3. The van der Waals surface area contributed by atoms with Gasteiger partial charge in [0, 0.05) is 7.05 Å². The highest BCUT2D eigenvalue weighted by Crippen LogP contribution is 2.31. The third-order valence-electron chi connectivity index (χ3n) is 2.49. The second-order valence-electron chi connectivity index (χ2n) is 3.68. The van der Waals surface area contributed by atoms with Gasteiger partial charge in [0.05, 0.1) is 22.3 Å². The van der Waals surface area contributed by atoms with Gasteiger partial charge in [0.1, 0.15) is 5.75 Å². The molecule has 0 fully saturated rings. The van der Waals surface area contributed by atoms with Gasteiger partial charge in [0.25, 0.3) is 0 Å². The zero-order chi connectivity index (χ0) is 12.4. The number of nitrogens with zero attached hydrogens (tertiary/aromatic N) is 2. The number of aromatic nitrogens is 2. The van der Waals surface area contributed by atoms with E-state index in [9.17, 15) is 5.11 Å². The van der Waals surface area contributed by atoms with Crippen LogP contribution in [0.15, 0.2) is 28.7 Å². The van der Waals surface area contributed by atoms with Crippen molar-refractivity contribution in [3.05, 3.63) is 40.0 Å². The topological polar surface area (TPSA) is 47.3 Å². The third-order valence-corrected chi connectivity index (χ3v) is 3.15. The maximum absolute atomic E-state index is 9.31. The Kier molecular flexibility index (Phi) is 3.49. The Balaban J connectivity index is 2.40. The summed E-state index contributed by atoms with van der Waals surface area (Å²) in [6.07, 6.45) is 0. The number of halogens is 1. The summed E-state index contributed by atoms with van der Waals surface area (Å²) in [5.41, 5.74) is 1.49. The van der Waals surface area contributed by atoms with Gasteiger partial charge in [-0.05, 0) is 35.0 Å². The fourth-order valence-corrected chi connectivity index (χ4v) is 1.99. The van der Waals surface area contributed by atoms with Gasteiger partial charge in [-0.25, -0.2) is 4.68 Å². The van der Waals surface area contributed by atoms with Crippen LogP contribution < -0.4 is 4.74 Å². The average molecular weight is 297 g/mol. The van der Waals surface area contributed by atoms with Crippen LogP contribution in [-0.4, -0.2) is 14.9 Å². The van der Waals surface area contributed by atoms with Gasteiger partial charge in [0.2, 0.25) is 5.88 Å². The summed E-state index contributed by atoms with van der Waals surface area (Å²) in [5.74, 6) is 1.27. The summed E-state index contributed by atoms with van der Waals surface area (Å²) in [6.45, 7) is 1.76. The molecule has 1 heterocycles. The average Bonchev–Trinajstić information content (AvgIpc) is 2.56. The van der Waals surface area contributed by atoms with Gasteiger partial charge < -0.3 is 9.84 Å². The standard InChI is InChI=1S/C12H13BrN2O2/c1-8-9(7-16)12(15(2)14-8)17-11-6-4-3-5-10(11)13/h3-6,16H,7H2,1-2H3. The van der Waals surface area contributed by atoms with E-state index in [-0.39, 0.29) is 6.61 Å². The van der Waals surface area contributed by atoms with Crippen molar-refractivity contribution in [1.29, 1.82) is 0 Å². The molecule has 1 aromatic heterocycles. The van der Waals surface area contributed by atoms with Gasteiger partial charge in [-0.3, -0.25) is 0 Å². The molecule has 0 spiro atoms. The summed E-state index contributed by atoms with van der Waals surface area (Å²) in [5, 5.41) is 13.5. The molecule has 90 valence electrons. The Morgan fingerprint density at radius 3 is 2.76 bits per heavy atom. The maximum atomic E-state index is 9.31. The predicted octanol–water partition coefficient (Wildman–Crippen LogP) is 2.78. The maximum Gasteiger partial charge on any atom is 0.223 e. The first kappa shape index (κ1) is 12.1. The van der Waals surface area contributed by atoms with Gasteiger partial charge in [-0.15, -0.1) is 0 Å². The monoisotopic (exact) mass is 296 g/mol. The highest BCUT2D eigenvalue weighted by atomic mass is 79.9. The van der Waals surface area contributed by atoms with Crippen LogP contribution in [0, 0.1) is 6.92 Å². The van der Waals surface area contributed by atoms with Crippen molar-refractivity contribution in [3.8, 4) is 11.6 Å². The molecule has 0 radical (unpaired) electrons. The van der Waals surface area contributed by atoms with Crippen molar-refractivity contribution >= 4 is 15.9 Å². The molecule has 1 aromatic carbocycles. The number of aliphatic hydroxyl groups excluding tert-OH is 1. The van der Waals surface area contributed by atoms with E-state index in [1.54, 1.807) is 11.7 Å². The first-order valence-corrected chi connectivity index (χ1v) is 5.98. The van der Waals surface area contributed by atoms with Crippen molar-refractivity contribution < 1.29 is 9.84 Å². The molecule has 0 aliphatic heterocycles. The second-order valence-corrected chi connectivity index (χ2v) is 4.54. The molecule has 0 amide bonds. The van der Waals surface area contributed by atoms with Gasteiger partial charge >= 0.3 is 0 Å². The SMILES string of the molecule is Cc1nn(C)c(Oc2ccccc2Br)c1CO. The lowest BCUT2D eigenvalue weighted by molar-refractivity contribution is 0.274. The van der Waals surface area contributed by atoms with Crippen LogP contribution in [-0.2, 0) is 13.7 Å². The molecule has 2 rings (SSSR count). The Bertz CT molecular complexity index is 537. The predicted molar refractivity (Wildman–Crippen MR) is 68.1 cm³/mol. The minimum Gasteiger partial charge on any atom is -0.438 e. The lowest BCUT2D eigenvalue weighted by Gasteiger charge is -2.08. The van der Waals surface area contributed by atoms with Gasteiger partial charge in [0.15, 0.2) is 0 Å². The molecule has 0 aliphatic rings. The molecule has 2 aromatic rings. The zero-order valence-electron chi connectivity index (χ0n) is 9.64. The van der Waals surface area contributed by atoms with Crippen LogP contribution in [0.2, 0.25) is 0 Å². The number of para-hydroxylation sites is 1. The van der Waals surface area contributed by atoms with Crippen molar-refractivity contribution in [3.63, 3.8) is 0 Å². The molecule has 0 unspecified atom stereocenters. The molecule has 0 atom stereocenters. The van der Waals surface area contributed by atoms with E-state index in [1.165, 1.54) is 0 Å². The summed E-state index contributed by atoms with van der Waals surface area (Å²) in [6, 6.07) is 7.56. The molecule has 0 saturated heterocycles. The number of hydrogen-bond donors (Lipinski definition) is 1. The van der Waals surface area contributed by atoms with Crippen molar-refractivity contribution in [2.45, 2.75) is 13.5 Å². The summed E-state index contributed by atoms with van der Waals surface area (Å²) in [4.78, 5) is 0. The first-order valence-electron chi connectivity index (χ1n) is 5.19. The Labute approximate surface area is 108 Å². The Morgan fingerprint density at radius 1 is 1.41 bits per heavy atom. The number of ether oxygens (including phenoxy) is 1. The first-order chi connectivity index (χ1) is 8.13. The quantitative estimate of drug-likeness (QED) is 0.947. The molecule has 0 aliphatic carbocycles. The van der Waals surface area contributed by atoms with Crippen LogP contribution in [0.5, 0.6) is 11.6 Å². The normalized spacial score (nSPS) is 10.6. The van der Waals surface area contributed by atoms with Crippen molar-refractivity contribution in [1.82, 2.24) is 9.78 Å². The zero-order valence-corrected chi connectivity index (χ0v) is 11.2. The fraction of sp³-hybridized carbons (Fsp3) is 0.250. The molecule has 0 saturated carbocycles. The van der Waals surface area contributed by atoms with Crippen LogP contribution in [0.3, 0.4) is 0 Å². The van der Waals surface area contributed by atoms with Gasteiger partial charge in [-0.2, -0.15) is 5.10 Å². The molecule has 0 bridgehead atoms. The number of aliphatic hydroxyl groups is 1. The molecule has 4 nitrogen and oxygen atoms in total. The van der Waals surface area contributed by atoms with E-state index in [0.717, 1.165) is 10.2 Å². The smallest absolute Gasteiger partial charge is 0.223 e. The molecule has 1 N–H and O–H groups in total. The van der Waals surface area contributed by atoms with E-state index < -0.39 is 0 Å². The van der Waals surface area contributed by atoms with E-state index in [0.29, 0.717) is 17.2 Å². The molecular formula is C12H13BrN2O2. The molecule has 17 heavy (non-hydrogen) atoms. The lowest BCUT2D eigenvalue weighted by Crippen LogP contribution is -1.97. The summed E-state index contributed by atoms with van der Waals surface area (Å²) >= 11 is 3.41. The van der Waals surface area contributed by atoms with Crippen molar-refractivity contribution in [2.75, 3.05) is 0 Å². The minimum absolute atomic E-state index is 0.0839. The summed E-state index contributed by atoms with van der Waals surface area (Å²) in [7, 11) is 1.79. The van der Waals surface area contributed by atoms with E-state index in [2.05, 4.69) is 21.0 Å². The summed E-state index contributed by atoms with van der Waals surface area (Å²) < 4.78 is 8.27. The van der Waals surface area contributed by atoms with Crippen LogP contribution >= 0.6 is 15.9 Å². The number of benzene rings is 1. The van der Waals surface area contributed by atoms with Crippen LogP contribution in [0.1, 0.15) is 11.3 Å². The minimum atomic E-state index is -0.0839. The fourth-order valence-electron chi connectivity index (χ4n) is 1.62. The second kappa shape index (κ2) is 4.89. The number of rotatable bonds is 3. The highest BCUT2D eigenvalue weighted by Gasteiger charge is 2.15. The van der Waals surface area contributed by atoms with Crippen LogP contribution in [0.25, 0.3) is 0 Å². The Morgan fingerprint density at radius 2 is 2.12 bits per heavy atom. The largest absolute Gasteiger partial charge is 0.438 e. The molecule has 5 heteroatoms. The number of aryl methyl sites for hydroxylation is 2. The highest BCUT2D eigenvalue weighted by molar-refractivity contribution is 9.10. The van der Waals surface area contributed by atoms with E-state index >= 15 is 0 Å². The van der Waals surface area contributed by atoms with Crippen molar-refractivity contribution in [2.24, 2.45) is 7.05 Å². The van der Waals surface area contributed by atoms with Crippen LogP contribution in [0.4, 0.5) is 0 Å². The lowest BCUT2D eigenvalue weighted by atomic mass is 10.2. The Hall–Kier alpha value is -1.33. The third kappa shape index (κ3) is 2.35. The van der Waals surface area contributed by atoms with E-state index in [4.69, 9.17) is 4.74 Å². The van der Waals surface area contributed by atoms with Gasteiger partial charge in [-0.1, -0.05) is 12.1 Å². The molecular weight excluding hydrogens is 284 g/mol.